The van der Waals surface area contributed by atoms with Crippen molar-refractivity contribution in [1.29, 1.82) is 0 Å². The summed E-state index contributed by atoms with van der Waals surface area (Å²) in [6, 6.07) is 4.21. The molecule has 0 spiro atoms. The molecule has 0 aromatic carbocycles. The zero-order valence-electron chi connectivity index (χ0n) is 6.66. The van der Waals surface area contributed by atoms with Crippen molar-refractivity contribution in [3.8, 4) is 0 Å². The number of carbonyl (C=O) groups is 1. The van der Waals surface area contributed by atoms with Gasteiger partial charge in [-0.2, -0.15) is 0 Å². The van der Waals surface area contributed by atoms with Crippen LogP contribution in [-0.2, 0) is 0 Å². The lowest BCUT2D eigenvalue weighted by molar-refractivity contribution is 0.112. The van der Waals surface area contributed by atoms with Crippen molar-refractivity contribution >= 4 is 12.1 Å². The molecule has 3 heteroatoms. The van der Waals surface area contributed by atoms with Crippen LogP contribution >= 0.6 is 0 Å². The maximum atomic E-state index is 10.3. The number of anilines is 1. The normalized spacial score (nSPS) is 15.7. The molecule has 1 N–H and O–H groups in total. The second kappa shape index (κ2) is 2.93. The Morgan fingerprint density at radius 1 is 1.58 bits per heavy atom. The third kappa shape index (κ3) is 1.61. The number of aldehydes is 1. The molecule has 1 aliphatic rings. The van der Waals surface area contributed by atoms with E-state index in [1.165, 1.54) is 12.8 Å². The fourth-order valence-corrected chi connectivity index (χ4v) is 0.997. The Bertz CT molecular complexity index is 282. The van der Waals surface area contributed by atoms with E-state index >= 15 is 0 Å². The van der Waals surface area contributed by atoms with E-state index in [9.17, 15) is 4.79 Å². The van der Waals surface area contributed by atoms with Crippen LogP contribution in [0.2, 0.25) is 0 Å². The first-order chi connectivity index (χ1) is 5.88. The summed E-state index contributed by atoms with van der Waals surface area (Å²) in [5, 5.41) is 3.24. The van der Waals surface area contributed by atoms with Gasteiger partial charge in [0.05, 0.1) is 0 Å². The van der Waals surface area contributed by atoms with Crippen LogP contribution in [0.5, 0.6) is 0 Å². The molecule has 0 bridgehead atoms. The largest absolute Gasteiger partial charge is 0.367 e. The summed E-state index contributed by atoms with van der Waals surface area (Å²) in [7, 11) is 0. The maximum Gasteiger partial charge on any atom is 0.151 e. The van der Waals surface area contributed by atoms with E-state index in [1.807, 2.05) is 6.07 Å². The molecule has 64 valence electrons. The lowest BCUT2D eigenvalue weighted by atomic mass is 10.3. The smallest absolute Gasteiger partial charge is 0.151 e. The molecular weight excluding hydrogens is 152 g/mol. The van der Waals surface area contributed by atoms with Gasteiger partial charge in [0, 0.05) is 19.2 Å². The summed E-state index contributed by atoms with van der Waals surface area (Å²) in [4.78, 5) is 14.4. The third-order valence-electron chi connectivity index (χ3n) is 1.85. The Labute approximate surface area is 72.3 Å². The highest BCUT2D eigenvalue weighted by Gasteiger charge is 2.20. The van der Waals surface area contributed by atoms with Gasteiger partial charge in [0.15, 0.2) is 6.29 Å². The quantitative estimate of drug-likeness (QED) is 0.691. The first kappa shape index (κ1) is 7.28. The summed E-state index contributed by atoms with van der Waals surface area (Å²) in [6.45, 7) is 0. The highest BCUT2D eigenvalue weighted by Crippen LogP contribution is 2.23. The van der Waals surface area contributed by atoms with Gasteiger partial charge < -0.3 is 5.32 Å². The fraction of sp³-hybridized carbons (Fsp3) is 0.333. The monoisotopic (exact) mass is 164 g/mol. The standard InChI is InChI=1S/C9H10N2O.H2/c12-6-7-1-4-9(10-5-7)11-8-2-3-8;/h1,4-6,8H,2-3H2,(H,10,11);1H. The molecule has 0 radical (unpaired) electrons. The van der Waals surface area contributed by atoms with Crippen LogP contribution in [0, 0.1) is 0 Å². The Kier molecular flexibility index (Phi) is 1.78. The first-order valence-corrected chi connectivity index (χ1v) is 4.06. The molecule has 0 amide bonds. The van der Waals surface area contributed by atoms with Crippen LogP contribution in [0.3, 0.4) is 0 Å². The number of carbonyl (C=O) groups excluding carboxylic acids is 1. The van der Waals surface area contributed by atoms with Crippen LogP contribution < -0.4 is 5.32 Å². The van der Waals surface area contributed by atoms with E-state index in [0.29, 0.717) is 11.6 Å². The number of hydrogen-bond acceptors (Lipinski definition) is 3. The molecule has 1 fully saturated rings. The minimum atomic E-state index is 0. The van der Waals surface area contributed by atoms with Crippen molar-refractivity contribution in [3.05, 3.63) is 23.9 Å². The highest BCUT2D eigenvalue weighted by molar-refractivity contribution is 5.74. The molecule has 0 saturated heterocycles. The van der Waals surface area contributed by atoms with Crippen molar-refractivity contribution in [2.24, 2.45) is 0 Å². The molecular formula is C9H12N2O. The van der Waals surface area contributed by atoms with E-state index in [2.05, 4.69) is 10.3 Å². The minimum absolute atomic E-state index is 0. The van der Waals surface area contributed by atoms with Gasteiger partial charge in [-0.1, -0.05) is 0 Å². The average Bonchev–Trinajstić information content (AvgIpc) is 2.90. The van der Waals surface area contributed by atoms with Gasteiger partial charge in [-0.05, 0) is 25.0 Å². The number of rotatable bonds is 3. The minimum Gasteiger partial charge on any atom is -0.367 e. The van der Waals surface area contributed by atoms with E-state index in [1.54, 1.807) is 12.3 Å². The zero-order chi connectivity index (χ0) is 8.39. The molecule has 1 saturated carbocycles. The number of hydrogen-bond donors (Lipinski definition) is 1. The molecule has 1 aromatic heterocycles. The molecule has 1 aliphatic carbocycles. The number of nitrogens with one attached hydrogen (secondary N) is 1. The number of aromatic nitrogens is 1. The van der Waals surface area contributed by atoms with Crippen molar-refractivity contribution in [1.82, 2.24) is 4.98 Å². The molecule has 1 heterocycles. The number of pyridine rings is 1. The van der Waals surface area contributed by atoms with Crippen LogP contribution in [0.25, 0.3) is 0 Å². The molecule has 2 rings (SSSR count). The van der Waals surface area contributed by atoms with Gasteiger partial charge in [0.25, 0.3) is 0 Å². The van der Waals surface area contributed by atoms with E-state index < -0.39 is 0 Å². The third-order valence-corrected chi connectivity index (χ3v) is 1.85. The summed E-state index contributed by atoms with van der Waals surface area (Å²) in [5.74, 6) is 0.864. The highest BCUT2D eigenvalue weighted by atomic mass is 16.1. The van der Waals surface area contributed by atoms with Crippen LogP contribution in [0.4, 0.5) is 5.82 Å². The average molecular weight is 164 g/mol. The summed E-state index contributed by atoms with van der Waals surface area (Å²) < 4.78 is 0. The number of nitrogens with zero attached hydrogens (tertiary/aromatic N) is 1. The first-order valence-electron chi connectivity index (χ1n) is 4.06. The van der Waals surface area contributed by atoms with Gasteiger partial charge in [-0.25, -0.2) is 4.98 Å². The van der Waals surface area contributed by atoms with Crippen LogP contribution in [0.1, 0.15) is 24.6 Å². The van der Waals surface area contributed by atoms with Crippen molar-refractivity contribution in [3.63, 3.8) is 0 Å². The van der Waals surface area contributed by atoms with Gasteiger partial charge in [-0.3, -0.25) is 4.79 Å². The lowest BCUT2D eigenvalue weighted by Crippen LogP contribution is -2.02. The maximum absolute atomic E-state index is 10.3. The van der Waals surface area contributed by atoms with E-state index in [0.717, 1.165) is 12.1 Å². The fourth-order valence-electron chi connectivity index (χ4n) is 0.997. The lowest BCUT2D eigenvalue weighted by Gasteiger charge is -2.01. The van der Waals surface area contributed by atoms with E-state index in [4.69, 9.17) is 0 Å². The molecule has 3 nitrogen and oxygen atoms in total. The molecule has 1 aromatic rings. The van der Waals surface area contributed by atoms with Gasteiger partial charge >= 0.3 is 0 Å². The van der Waals surface area contributed by atoms with Gasteiger partial charge in [0.1, 0.15) is 5.82 Å². The molecule has 0 unspecified atom stereocenters. The Balaban J connectivity index is 0.000000845. The van der Waals surface area contributed by atoms with Gasteiger partial charge in [0.2, 0.25) is 0 Å². The SMILES string of the molecule is O=Cc1ccc(NC2CC2)nc1.[HH]. The molecule has 0 aliphatic heterocycles. The van der Waals surface area contributed by atoms with Crippen LogP contribution in [0.15, 0.2) is 18.3 Å². The second-order valence-corrected chi connectivity index (χ2v) is 3.01. The summed E-state index contributed by atoms with van der Waals surface area (Å²) in [6.07, 6.45) is 4.85. The Hall–Kier alpha value is -1.38. The topological polar surface area (TPSA) is 42.0 Å². The predicted molar refractivity (Wildman–Crippen MR) is 48.4 cm³/mol. The molecule has 0 atom stereocenters. The predicted octanol–water partition coefficient (Wildman–Crippen LogP) is 1.71. The van der Waals surface area contributed by atoms with E-state index in [-0.39, 0.29) is 1.43 Å². The summed E-state index contributed by atoms with van der Waals surface area (Å²) >= 11 is 0. The van der Waals surface area contributed by atoms with Crippen molar-refractivity contribution < 1.29 is 6.22 Å². The Morgan fingerprint density at radius 3 is 2.92 bits per heavy atom. The summed E-state index contributed by atoms with van der Waals surface area (Å²) in [5.41, 5.74) is 0.622. The second-order valence-electron chi connectivity index (χ2n) is 3.01. The van der Waals surface area contributed by atoms with Gasteiger partial charge in [-0.15, -0.1) is 0 Å². The van der Waals surface area contributed by atoms with Crippen molar-refractivity contribution in [2.45, 2.75) is 18.9 Å². The van der Waals surface area contributed by atoms with Crippen LogP contribution in [-0.4, -0.2) is 17.3 Å². The molecule has 12 heavy (non-hydrogen) atoms. The Morgan fingerprint density at radius 2 is 2.42 bits per heavy atom. The zero-order valence-corrected chi connectivity index (χ0v) is 6.66. The van der Waals surface area contributed by atoms with Crippen molar-refractivity contribution in [2.75, 3.05) is 5.32 Å².